The van der Waals surface area contributed by atoms with Crippen molar-refractivity contribution in [3.05, 3.63) is 0 Å². The van der Waals surface area contributed by atoms with E-state index in [9.17, 15) is 0 Å². The van der Waals surface area contributed by atoms with E-state index in [4.69, 9.17) is 14.6 Å². The van der Waals surface area contributed by atoms with Crippen LogP contribution in [-0.2, 0) is 9.47 Å². The minimum Gasteiger partial charge on any atom is -0.396 e. The average Bonchev–Trinajstić information content (AvgIpc) is 2.33. The van der Waals surface area contributed by atoms with E-state index in [0.717, 1.165) is 38.9 Å². The number of nitrogens with one attached hydrogen (secondary N) is 1. The highest BCUT2D eigenvalue weighted by molar-refractivity contribution is 4.82. The average molecular weight is 243 g/mol. The third kappa shape index (κ3) is 3.91. The van der Waals surface area contributed by atoms with E-state index in [1.165, 1.54) is 0 Å². The minimum absolute atomic E-state index is 0.318. The Morgan fingerprint density at radius 3 is 2.18 bits per heavy atom. The van der Waals surface area contributed by atoms with Crippen molar-refractivity contribution in [3.8, 4) is 0 Å². The molecule has 2 aliphatic rings. The minimum atomic E-state index is -0.424. The Bertz CT molecular complexity index is 227. The summed E-state index contributed by atoms with van der Waals surface area (Å²) in [5.41, 5.74) is 0. The van der Waals surface area contributed by atoms with Gasteiger partial charge in [-0.2, -0.15) is 0 Å². The van der Waals surface area contributed by atoms with Gasteiger partial charge in [-0.05, 0) is 45.4 Å². The quantitative estimate of drug-likeness (QED) is 0.784. The smallest absolute Gasteiger partial charge is 0.162 e. The van der Waals surface area contributed by atoms with Crippen molar-refractivity contribution in [2.45, 2.75) is 57.4 Å². The molecule has 2 rings (SSSR count). The van der Waals surface area contributed by atoms with Crippen molar-refractivity contribution in [1.82, 2.24) is 5.32 Å². The van der Waals surface area contributed by atoms with Crippen LogP contribution in [0.25, 0.3) is 0 Å². The van der Waals surface area contributed by atoms with Gasteiger partial charge in [0.05, 0.1) is 19.3 Å². The molecule has 1 heterocycles. The van der Waals surface area contributed by atoms with E-state index >= 15 is 0 Å². The second kappa shape index (κ2) is 5.65. The van der Waals surface area contributed by atoms with Gasteiger partial charge >= 0.3 is 0 Å². The molecule has 0 bridgehead atoms. The van der Waals surface area contributed by atoms with Crippen LogP contribution in [0.4, 0.5) is 0 Å². The number of rotatable bonds is 3. The van der Waals surface area contributed by atoms with Crippen molar-refractivity contribution >= 4 is 0 Å². The predicted octanol–water partition coefficient (Wildman–Crippen LogP) is 1.28. The maximum atomic E-state index is 9.10. The van der Waals surface area contributed by atoms with Crippen LogP contribution in [0, 0.1) is 5.92 Å². The molecule has 2 fully saturated rings. The van der Waals surface area contributed by atoms with Crippen LogP contribution in [0.3, 0.4) is 0 Å². The third-order valence-electron chi connectivity index (χ3n) is 3.84. The highest BCUT2D eigenvalue weighted by Crippen LogP contribution is 2.25. The summed E-state index contributed by atoms with van der Waals surface area (Å²) in [4.78, 5) is 0. The number of aliphatic hydroxyl groups excluding tert-OH is 1. The molecule has 0 unspecified atom stereocenters. The van der Waals surface area contributed by atoms with Crippen LogP contribution in [0.1, 0.15) is 39.5 Å². The first-order valence-corrected chi connectivity index (χ1v) is 6.74. The van der Waals surface area contributed by atoms with E-state index in [-0.39, 0.29) is 0 Å². The fourth-order valence-electron chi connectivity index (χ4n) is 2.63. The Labute approximate surface area is 104 Å². The highest BCUT2D eigenvalue weighted by Gasteiger charge is 2.30. The summed E-state index contributed by atoms with van der Waals surface area (Å²) in [7, 11) is 0. The van der Waals surface area contributed by atoms with Gasteiger partial charge in [0.2, 0.25) is 0 Å². The van der Waals surface area contributed by atoms with Crippen molar-refractivity contribution in [2.24, 2.45) is 5.92 Å². The Morgan fingerprint density at radius 1 is 1.06 bits per heavy atom. The lowest BCUT2D eigenvalue weighted by Gasteiger charge is -2.38. The zero-order chi connectivity index (χ0) is 12.3. The van der Waals surface area contributed by atoms with Gasteiger partial charge in [-0.1, -0.05) is 0 Å². The highest BCUT2D eigenvalue weighted by atomic mass is 16.7. The molecule has 1 saturated carbocycles. The van der Waals surface area contributed by atoms with Gasteiger partial charge < -0.3 is 19.9 Å². The third-order valence-corrected chi connectivity index (χ3v) is 3.84. The monoisotopic (exact) mass is 243 g/mol. The number of hydrogen-bond donors (Lipinski definition) is 2. The largest absolute Gasteiger partial charge is 0.396 e. The van der Waals surface area contributed by atoms with Gasteiger partial charge in [0.25, 0.3) is 0 Å². The Hall–Kier alpha value is -0.160. The molecule has 0 aromatic heterocycles. The molecule has 4 nitrogen and oxygen atoms in total. The van der Waals surface area contributed by atoms with E-state index in [0.29, 0.717) is 24.6 Å². The van der Waals surface area contributed by atoms with E-state index in [1.54, 1.807) is 0 Å². The van der Waals surface area contributed by atoms with Gasteiger partial charge in [-0.25, -0.2) is 0 Å². The molecule has 0 spiro atoms. The van der Waals surface area contributed by atoms with Crippen molar-refractivity contribution in [2.75, 3.05) is 19.8 Å². The molecule has 0 radical (unpaired) electrons. The molecular formula is C13H25NO3. The van der Waals surface area contributed by atoms with E-state index in [2.05, 4.69) is 5.32 Å². The van der Waals surface area contributed by atoms with Gasteiger partial charge in [0, 0.05) is 12.6 Å². The SMILES string of the molecule is CC1(C)OCC(NC2CCC(CO)CC2)CO1. The molecule has 1 aliphatic heterocycles. The lowest BCUT2D eigenvalue weighted by molar-refractivity contribution is -0.253. The van der Waals surface area contributed by atoms with Crippen molar-refractivity contribution in [3.63, 3.8) is 0 Å². The maximum Gasteiger partial charge on any atom is 0.162 e. The summed E-state index contributed by atoms with van der Waals surface area (Å²) >= 11 is 0. The second-order valence-corrected chi connectivity index (χ2v) is 5.79. The Balaban J connectivity index is 1.69. The predicted molar refractivity (Wildman–Crippen MR) is 65.7 cm³/mol. The number of aliphatic hydroxyl groups is 1. The topological polar surface area (TPSA) is 50.7 Å². The van der Waals surface area contributed by atoms with Crippen molar-refractivity contribution < 1.29 is 14.6 Å². The first-order chi connectivity index (χ1) is 8.09. The number of hydrogen-bond acceptors (Lipinski definition) is 4. The fraction of sp³-hybridized carbons (Fsp3) is 1.00. The van der Waals surface area contributed by atoms with E-state index < -0.39 is 5.79 Å². The van der Waals surface area contributed by atoms with Gasteiger partial charge in [-0.3, -0.25) is 0 Å². The molecule has 0 aromatic rings. The fourth-order valence-corrected chi connectivity index (χ4v) is 2.63. The van der Waals surface area contributed by atoms with Crippen LogP contribution in [0.15, 0.2) is 0 Å². The molecule has 17 heavy (non-hydrogen) atoms. The summed E-state index contributed by atoms with van der Waals surface area (Å²) in [5.74, 6) is 0.0954. The molecular weight excluding hydrogens is 218 g/mol. The molecule has 1 saturated heterocycles. The normalized spacial score (nSPS) is 34.8. The summed E-state index contributed by atoms with van der Waals surface area (Å²) in [5, 5.41) is 12.7. The maximum absolute atomic E-state index is 9.10. The van der Waals surface area contributed by atoms with Crippen LogP contribution < -0.4 is 5.32 Å². The lowest BCUT2D eigenvalue weighted by atomic mass is 9.86. The first-order valence-electron chi connectivity index (χ1n) is 6.74. The molecule has 0 atom stereocenters. The van der Waals surface area contributed by atoms with Gasteiger partial charge in [-0.15, -0.1) is 0 Å². The Morgan fingerprint density at radius 2 is 1.65 bits per heavy atom. The molecule has 0 amide bonds. The lowest BCUT2D eigenvalue weighted by Crippen LogP contribution is -2.52. The second-order valence-electron chi connectivity index (χ2n) is 5.79. The number of ether oxygens (including phenoxy) is 2. The molecule has 1 aliphatic carbocycles. The van der Waals surface area contributed by atoms with Crippen molar-refractivity contribution in [1.29, 1.82) is 0 Å². The zero-order valence-corrected chi connectivity index (χ0v) is 10.9. The zero-order valence-electron chi connectivity index (χ0n) is 10.9. The van der Waals surface area contributed by atoms with Crippen LogP contribution in [-0.4, -0.2) is 42.8 Å². The van der Waals surface area contributed by atoms with E-state index in [1.807, 2.05) is 13.8 Å². The molecule has 0 aromatic carbocycles. The van der Waals surface area contributed by atoms with Crippen LogP contribution in [0.2, 0.25) is 0 Å². The summed E-state index contributed by atoms with van der Waals surface area (Å²) in [6, 6.07) is 0.884. The summed E-state index contributed by atoms with van der Waals surface area (Å²) in [6.45, 7) is 5.71. The molecule has 100 valence electrons. The van der Waals surface area contributed by atoms with Crippen LogP contribution in [0.5, 0.6) is 0 Å². The van der Waals surface area contributed by atoms with Crippen LogP contribution >= 0.6 is 0 Å². The molecule has 4 heteroatoms. The first kappa shape index (κ1) is 13.3. The Kier molecular flexibility index (Phi) is 4.42. The standard InChI is InChI=1S/C13H25NO3/c1-13(2)16-8-12(9-17-13)14-11-5-3-10(7-15)4-6-11/h10-12,14-15H,3-9H2,1-2H3. The van der Waals surface area contributed by atoms with Gasteiger partial charge in [0.1, 0.15) is 0 Å². The summed E-state index contributed by atoms with van der Waals surface area (Å²) in [6.07, 6.45) is 4.58. The molecule has 2 N–H and O–H groups in total. The summed E-state index contributed by atoms with van der Waals surface area (Å²) < 4.78 is 11.3. The van der Waals surface area contributed by atoms with Gasteiger partial charge in [0.15, 0.2) is 5.79 Å².